The molecule has 156 valence electrons. The first-order valence-electron chi connectivity index (χ1n) is 9.90. The highest BCUT2D eigenvalue weighted by Crippen LogP contribution is 2.29. The lowest BCUT2D eigenvalue weighted by Crippen LogP contribution is -2.27. The van der Waals surface area contributed by atoms with Crippen molar-refractivity contribution in [3.05, 3.63) is 76.6 Å². The number of nitrogens with zero attached hydrogens (tertiary/aromatic N) is 3. The smallest absolute Gasteiger partial charge is 0.387 e. The van der Waals surface area contributed by atoms with Gasteiger partial charge in [0.2, 0.25) is 0 Å². The summed E-state index contributed by atoms with van der Waals surface area (Å²) < 4.78 is 30.9. The minimum Gasteiger partial charge on any atom is -0.435 e. The molecule has 5 nitrogen and oxygen atoms in total. The Morgan fingerprint density at radius 2 is 1.90 bits per heavy atom. The molecule has 4 rings (SSSR count). The van der Waals surface area contributed by atoms with Gasteiger partial charge in [-0.15, -0.1) is 0 Å². The van der Waals surface area contributed by atoms with Gasteiger partial charge in [0.25, 0.3) is 5.91 Å². The molecule has 0 N–H and O–H groups in total. The van der Waals surface area contributed by atoms with Crippen LogP contribution in [0.5, 0.6) is 5.75 Å². The fourth-order valence-electron chi connectivity index (χ4n) is 3.91. The van der Waals surface area contributed by atoms with Crippen LogP contribution in [0.1, 0.15) is 39.3 Å². The zero-order chi connectivity index (χ0) is 21.3. The van der Waals surface area contributed by atoms with Crippen LogP contribution in [-0.2, 0) is 19.4 Å². The number of ether oxygens (including phenoxy) is 1. The van der Waals surface area contributed by atoms with Crippen molar-refractivity contribution < 1.29 is 18.3 Å². The van der Waals surface area contributed by atoms with Gasteiger partial charge in [-0.25, -0.2) is 4.68 Å². The number of fused-ring (bicyclic) bond motifs is 1. The first-order valence-corrected chi connectivity index (χ1v) is 9.90. The molecule has 1 aromatic heterocycles. The largest absolute Gasteiger partial charge is 0.435 e. The molecular weight excluding hydrogens is 388 g/mol. The van der Waals surface area contributed by atoms with Gasteiger partial charge in [-0.2, -0.15) is 13.9 Å². The molecule has 1 amide bonds. The van der Waals surface area contributed by atoms with E-state index in [9.17, 15) is 13.6 Å². The first-order chi connectivity index (χ1) is 14.4. The van der Waals surface area contributed by atoms with Crippen LogP contribution in [0.15, 0.2) is 48.5 Å². The summed E-state index contributed by atoms with van der Waals surface area (Å²) in [6.45, 7) is -0.474. The van der Waals surface area contributed by atoms with E-state index < -0.39 is 6.61 Å². The molecule has 0 saturated carbocycles. The van der Waals surface area contributed by atoms with Crippen LogP contribution in [0.25, 0.3) is 5.69 Å². The third-order valence-electron chi connectivity index (χ3n) is 5.39. The molecular formula is C23H23F2N3O2. The van der Waals surface area contributed by atoms with Crippen LogP contribution in [0.2, 0.25) is 0 Å². The quantitative estimate of drug-likeness (QED) is 0.598. The highest BCUT2D eigenvalue weighted by molar-refractivity contribution is 5.94. The molecule has 0 aliphatic heterocycles. The number of benzene rings is 2. The van der Waals surface area contributed by atoms with E-state index in [2.05, 4.69) is 4.74 Å². The van der Waals surface area contributed by atoms with E-state index >= 15 is 0 Å². The number of para-hydroxylation sites is 1. The Labute approximate surface area is 173 Å². The average molecular weight is 411 g/mol. The third-order valence-corrected chi connectivity index (χ3v) is 5.39. The lowest BCUT2D eigenvalue weighted by atomic mass is 10.1. The second-order valence-corrected chi connectivity index (χ2v) is 7.51. The van der Waals surface area contributed by atoms with E-state index in [4.69, 9.17) is 5.10 Å². The number of alkyl halides is 2. The SMILES string of the molecule is Cc1ccccc1-n1nc(C(=O)N(C)Cc2ccc(OC(F)F)cc2)c2c1CCC2. The van der Waals surface area contributed by atoms with Crippen molar-refractivity contribution >= 4 is 5.91 Å². The van der Waals surface area contributed by atoms with E-state index in [1.54, 1.807) is 24.1 Å². The second-order valence-electron chi connectivity index (χ2n) is 7.51. The molecule has 2 aromatic carbocycles. The van der Waals surface area contributed by atoms with Crippen molar-refractivity contribution in [1.82, 2.24) is 14.7 Å². The van der Waals surface area contributed by atoms with Gasteiger partial charge in [-0.3, -0.25) is 4.79 Å². The summed E-state index contributed by atoms with van der Waals surface area (Å²) in [4.78, 5) is 14.8. The van der Waals surface area contributed by atoms with Crippen molar-refractivity contribution in [2.75, 3.05) is 7.05 Å². The number of carbonyl (C=O) groups excluding carboxylic acids is 1. The maximum atomic E-state index is 13.2. The summed E-state index contributed by atoms with van der Waals surface area (Å²) in [5.74, 6) is -0.0501. The molecule has 0 spiro atoms. The van der Waals surface area contributed by atoms with Crippen LogP contribution >= 0.6 is 0 Å². The van der Waals surface area contributed by atoms with Gasteiger partial charge < -0.3 is 9.64 Å². The van der Waals surface area contributed by atoms with Crippen molar-refractivity contribution in [3.63, 3.8) is 0 Å². The van der Waals surface area contributed by atoms with Crippen LogP contribution in [0.3, 0.4) is 0 Å². The Hall–Kier alpha value is -3.22. The third kappa shape index (κ3) is 3.92. The Kier molecular flexibility index (Phi) is 5.53. The molecule has 0 fully saturated rings. The highest BCUT2D eigenvalue weighted by Gasteiger charge is 2.28. The van der Waals surface area contributed by atoms with Crippen molar-refractivity contribution in [2.45, 2.75) is 39.3 Å². The predicted molar refractivity (Wildman–Crippen MR) is 109 cm³/mol. The van der Waals surface area contributed by atoms with E-state index in [1.165, 1.54) is 12.1 Å². The topological polar surface area (TPSA) is 47.4 Å². The molecule has 3 aromatic rings. The predicted octanol–water partition coefficient (Wildman–Crippen LogP) is 4.54. The minimum atomic E-state index is -2.86. The van der Waals surface area contributed by atoms with Gasteiger partial charge in [0, 0.05) is 24.8 Å². The summed E-state index contributed by atoms with van der Waals surface area (Å²) in [5, 5.41) is 4.69. The Morgan fingerprint density at radius 3 is 2.60 bits per heavy atom. The van der Waals surface area contributed by atoms with E-state index in [0.717, 1.165) is 47.3 Å². The molecule has 0 atom stereocenters. The maximum Gasteiger partial charge on any atom is 0.387 e. The van der Waals surface area contributed by atoms with E-state index in [1.807, 2.05) is 35.9 Å². The number of halogens is 2. The Bertz CT molecular complexity index is 1060. The zero-order valence-electron chi connectivity index (χ0n) is 16.9. The monoisotopic (exact) mass is 411 g/mol. The Morgan fingerprint density at radius 1 is 1.17 bits per heavy atom. The average Bonchev–Trinajstić information content (AvgIpc) is 3.32. The van der Waals surface area contributed by atoms with Crippen molar-refractivity contribution in [1.29, 1.82) is 0 Å². The summed E-state index contributed by atoms with van der Waals surface area (Å²) in [5.41, 5.74) is 5.54. The molecule has 30 heavy (non-hydrogen) atoms. The number of rotatable bonds is 6. The summed E-state index contributed by atoms with van der Waals surface area (Å²) >= 11 is 0. The second kappa shape index (κ2) is 8.26. The standard InChI is InChI=1S/C23H23F2N3O2/c1-15-6-3-4-8-19(15)28-20-9-5-7-18(20)21(26-28)22(29)27(2)14-16-10-12-17(13-11-16)30-23(24)25/h3-4,6,8,10-13,23H,5,7,9,14H2,1-2H3. The summed E-state index contributed by atoms with van der Waals surface area (Å²) in [7, 11) is 1.72. The summed E-state index contributed by atoms with van der Waals surface area (Å²) in [6.07, 6.45) is 2.75. The molecule has 0 saturated heterocycles. The van der Waals surface area contributed by atoms with Crippen molar-refractivity contribution in [3.8, 4) is 11.4 Å². The van der Waals surface area contributed by atoms with E-state index in [0.29, 0.717) is 12.2 Å². The molecule has 1 aliphatic carbocycles. The number of amides is 1. The molecule has 1 aliphatic rings. The zero-order valence-corrected chi connectivity index (χ0v) is 16.9. The van der Waals surface area contributed by atoms with Gasteiger partial charge in [0.15, 0.2) is 5.69 Å². The fourth-order valence-corrected chi connectivity index (χ4v) is 3.91. The normalized spacial score (nSPS) is 12.8. The lowest BCUT2D eigenvalue weighted by Gasteiger charge is -2.17. The molecule has 0 bridgehead atoms. The lowest BCUT2D eigenvalue weighted by molar-refractivity contribution is -0.0498. The van der Waals surface area contributed by atoms with Crippen LogP contribution < -0.4 is 4.74 Å². The van der Waals surface area contributed by atoms with Gasteiger partial charge in [0.05, 0.1) is 5.69 Å². The molecule has 7 heteroatoms. The van der Waals surface area contributed by atoms with Crippen molar-refractivity contribution in [2.24, 2.45) is 0 Å². The highest BCUT2D eigenvalue weighted by atomic mass is 19.3. The molecule has 0 unspecified atom stereocenters. The minimum absolute atomic E-state index is 0.0949. The maximum absolute atomic E-state index is 13.2. The first kappa shape index (κ1) is 20.1. The van der Waals surface area contributed by atoms with Crippen LogP contribution in [-0.4, -0.2) is 34.2 Å². The molecule has 1 heterocycles. The summed E-state index contributed by atoms with van der Waals surface area (Å²) in [6, 6.07) is 14.3. The number of aryl methyl sites for hydroxylation is 1. The van der Waals surface area contributed by atoms with E-state index in [-0.39, 0.29) is 11.7 Å². The number of hydrogen-bond acceptors (Lipinski definition) is 3. The van der Waals surface area contributed by atoms with Gasteiger partial charge >= 0.3 is 6.61 Å². The van der Waals surface area contributed by atoms with Crippen LogP contribution in [0.4, 0.5) is 8.78 Å². The number of aromatic nitrogens is 2. The Balaban J connectivity index is 1.56. The van der Waals surface area contributed by atoms with Gasteiger partial charge in [-0.05, 0) is 55.5 Å². The van der Waals surface area contributed by atoms with Crippen LogP contribution in [0, 0.1) is 6.92 Å². The van der Waals surface area contributed by atoms with Gasteiger partial charge in [-0.1, -0.05) is 30.3 Å². The fraction of sp³-hybridized carbons (Fsp3) is 0.304. The number of hydrogen-bond donors (Lipinski definition) is 0. The number of carbonyl (C=O) groups is 1. The van der Waals surface area contributed by atoms with Gasteiger partial charge in [0.1, 0.15) is 5.75 Å². The molecule has 0 radical (unpaired) electrons.